The SMILES string of the molecule is C/C=N\N=C(/C)CNC(=O)CC. The summed E-state index contributed by atoms with van der Waals surface area (Å²) in [5.41, 5.74) is 0.801. The topological polar surface area (TPSA) is 53.8 Å². The molecule has 0 atom stereocenters. The normalized spacial score (nSPS) is 12.1. The van der Waals surface area contributed by atoms with Gasteiger partial charge in [0, 0.05) is 12.6 Å². The summed E-state index contributed by atoms with van der Waals surface area (Å²) in [6.45, 7) is 5.90. The number of hydrogen-bond donors (Lipinski definition) is 1. The van der Waals surface area contributed by atoms with Crippen LogP contribution in [0.15, 0.2) is 10.2 Å². The lowest BCUT2D eigenvalue weighted by Gasteiger charge is -2.00. The van der Waals surface area contributed by atoms with E-state index in [0.29, 0.717) is 13.0 Å². The van der Waals surface area contributed by atoms with Crippen LogP contribution in [-0.4, -0.2) is 24.4 Å². The Morgan fingerprint density at radius 3 is 2.75 bits per heavy atom. The summed E-state index contributed by atoms with van der Waals surface area (Å²) in [7, 11) is 0. The molecule has 1 amide bonds. The van der Waals surface area contributed by atoms with Gasteiger partial charge in [-0.3, -0.25) is 4.79 Å². The smallest absolute Gasteiger partial charge is 0.220 e. The van der Waals surface area contributed by atoms with Crippen molar-refractivity contribution in [2.75, 3.05) is 6.54 Å². The third-order valence-corrected chi connectivity index (χ3v) is 1.21. The Balaban J connectivity index is 3.70. The van der Waals surface area contributed by atoms with E-state index in [1.165, 1.54) is 0 Å². The molecule has 0 fully saturated rings. The summed E-state index contributed by atoms with van der Waals surface area (Å²) in [6.07, 6.45) is 2.11. The van der Waals surface area contributed by atoms with Crippen LogP contribution in [0.3, 0.4) is 0 Å². The molecule has 68 valence electrons. The van der Waals surface area contributed by atoms with Crippen molar-refractivity contribution in [2.24, 2.45) is 10.2 Å². The van der Waals surface area contributed by atoms with E-state index in [1.807, 2.05) is 13.8 Å². The molecule has 1 N–H and O–H groups in total. The van der Waals surface area contributed by atoms with Crippen molar-refractivity contribution in [2.45, 2.75) is 27.2 Å². The molecular formula is C8H15N3O. The molecule has 0 spiro atoms. The Morgan fingerprint density at radius 2 is 2.25 bits per heavy atom. The fourth-order valence-corrected chi connectivity index (χ4v) is 0.543. The fraction of sp³-hybridized carbons (Fsp3) is 0.625. The molecule has 4 nitrogen and oxygen atoms in total. The van der Waals surface area contributed by atoms with E-state index in [4.69, 9.17) is 0 Å². The first-order valence-corrected chi connectivity index (χ1v) is 3.98. The first-order chi connectivity index (χ1) is 5.70. The average Bonchev–Trinajstić information content (AvgIpc) is 2.10. The number of carbonyl (C=O) groups excluding carboxylic acids is 1. The second-order valence-corrected chi connectivity index (χ2v) is 2.34. The lowest BCUT2D eigenvalue weighted by atomic mass is 10.4. The van der Waals surface area contributed by atoms with Crippen LogP contribution in [0.2, 0.25) is 0 Å². The van der Waals surface area contributed by atoms with Gasteiger partial charge in [0.2, 0.25) is 5.91 Å². The highest BCUT2D eigenvalue weighted by Crippen LogP contribution is 1.79. The minimum atomic E-state index is 0.0324. The molecule has 0 aromatic rings. The van der Waals surface area contributed by atoms with Gasteiger partial charge in [-0.25, -0.2) is 0 Å². The predicted octanol–water partition coefficient (Wildman–Crippen LogP) is 0.979. The average molecular weight is 169 g/mol. The van der Waals surface area contributed by atoms with E-state index < -0.39 is 0 Å². The molecule has 0 aromatic carbocycles. The van der Waals surface area contributed by atoms with Crippen molar-refractivity contribution in [3.8, 4) is 0 Å². The Kier molecular flexibility index (Phi) is 5.87. The molecule has 0 unspecified atom stereocenters. The highest BCUT2D eigenvalue weighted by molar-refractivity contribution is 5.88. The molecular weight excluding hydrogens is 154 g/mol. The van der Waals surface area contributed by atoms with E-state index in [9.17, 15) is 4.79 Å². The summed E-state index contributed by atoms with van der Waals surface area (Å²) in [5.74, 6) is 0.0324. The molecule has 0 aliphatic heterocycles. The van der Waals surface area contributed by atoms with Gasteiger partial charge in [0.25, 0.3) is 0 Å². The summed E-state index contributed by atoms with van der Waals surface area (Å²) < 4.78 is 0. The maximum atomic E-state index is 10.8. The highest BCUT2D eigenvalue weighted by atomic mass is 16.1. The summed E-state index contributed by atoms with van der Waals surface area (Å²) >= 11 is 0. The molecule has 4 heteroatoms. The minimum Gasteiger partial charge on any atom is -0.351 e. The van der Waals surface area contributed by atoms with Crippen LogP contribution in [0.1, 0.15) is 27.2 Å². The Labute approximate surface area is 72.8 Å². The van der Waals surface area contributed by atoms with Gasteiger partial charge < -0.3 is 5.32 Å². The molecule has 0 aliphatic rings. The summed E-state index contributed by atoms with van der Waals surface area (Å²) in [5, 5.41) is 10.2. The zero-order valence-corrected chi connectivity index (χ0v) is 7.79. The second kappa shape index (κ2) is 6.52. The number of hydrogen-bond acceptors (Lipinski definition) is 3. The minimum absolute atomic E-state index is 0.0324. The van der Waals surface area contributed by atoms with Gasteiger partial charge >= 0.3 is 0 Å². The van der Waals surface area contributed by atoms with E-state index >= 15 is 0 Å². The van der Waals surface area contributed by atoms with Crippen LogP contribution in [0, 0.1) is 0 Å². The van der Waals surface area contributed by atoms with Crippen molar-refractivity contribution in [1.29, 1.82) is 0 Å². The highest BCUT2D eigenvalue weighted by Gasteiger charge is 1.95. The third kappa shape index (κ3) is 5.58. The van der Waals surface area contributed by atoms with Crippen LogP contribution in [-0.2, 0) is 4.79 Å². The van der Waals surface area contributed by atoms with E-state index in [0.717, 1.165) is 5.71 Å². The van der Waals surface area contributed by atoms with Crippen molar-refractivity contribution >= 4 is 17.8 Å². The largest absolute Gasteiger partial charge is 0.351 e. The molecule has 0 bridgehead atoms. The number of rotatable bonds is 4. The Hall–Kier alpha value is -1.19. The molecule has 0 rings (SSSR count). The molecule has 0 aliphatic carbocycles. The van der Waals surface area contributed by atoms with Crippen molar-refractivity contribution < 1.29 is 4.79 Å². The van der Waals surface area contributed by atoms with Crippen LogP contribution in [0.25, 0.3) is 0 Å². The van der Waals surface area contributed by atoms with Crippen molar-refractivity contribution in [3.05, 3.63) is 0 Å². The lowest BCUT2D eigenvalue weighted by Crippen LogP contribution is -2.27. The second-order valence-electron chi connectivity index (χ2n) is 2.34. The summed E-state index contributed by atoms with van der Waals surface area (Å²) in [4.78, 5) is 10.8. The lowest BCUT2D eigenvalue weighted by molar-refractivity contribution is -0.120. The van der Waals surface area contributed by atoms with Gasteiger partial charge in [-0.05, 0) is 13.8 Å². The standard InChI is InChI=1S/C8H15N3O/c1-4-8(12)9-6-7(3)11-10-5-2/h5H,4,6H2,1-3H3,(H,9,12)/b10-5-,11-7+. The van der Waals surface area contributed by atoms with E-state index in [2.05, 4.69) is 15.5 Å². The predicted molar refractivity (Wildman–Crippen MR) is 50.6 cm³/mol. The van der Waals surface area contributed by atoms with Crippen LogP contribution in [0.4, 0.5) is 0 Å². The number of nitrogens with one attached hydrogen (secondary N) is 1. The van der Waals surface area contributed by atoms with Gasteiger partial charge in [0.1, 0.15) is 0 Å². The zero-order chi connectivity index (χ0) is 9.40. The number of amides is 1. The van der Waals surface area contributed by atoms with Crippen LogP contribution in [0.5, 0.6) is 0 Å². The fourth-order valence-electron chi connectivity index (χ4n) is 0.543. The van der Waals surface area contributed by atoms with Gasteiger partial charge in [-0.15, -0.1) is 0 Å². The maximum Gasteiger partial charge on any atom is 0.220 e. The van der Waals surface area contributed by atoms with E-state index in [-0.39, 0.29) is 5.91 Å². The first-order valence-electron chi connectivity index (χ1n) is 3.98. The molecule has 0 heterocycles. The van der Waals surface area contributed by atoms with Crippen molar-refractivity contribution in [3.63, 3.8) is 0 Å². The van der Waals surface area contributed by atoms with Crippen LogP contribution < -0.4 is 5.32 Å². The van der Waals surface area contributed by atoms with Gasteiger partial charge in [0.15, 0.2) is 0 Å². The van der Waals surface area contributed by atoms with Crippen molar-refractivity contribution in [1.82, 2.24) is 5.32 Å². The maximum absolute atomic E-state index is 10.8. The van der Waals surface area contributed by atoms with Crippen LogP contribution >= 0.6 is 0 Å². The number of carbonyl (C=O) groups is 1. The molecule has 0 saturated carbocycles. The van der Waals surface area contributed by atoms with E-state index in [1.54, 1.807) is 13.1 Å². The Bertz CT molecular complexity index is 196. The van der Waals surface area contributed by atoms with Gasteiger partial charge in [0.05, 0.1) is 12.3 Å². The Morgan fingerprint density at radius 1 is 1.58 bits per heavy atom. The molecule has 0 radical (unpaired) electrons. The number of nitrogens with zero attached hydrogens (tertiary/aromatic N) is 2. The van der Waals surface area contributed by atoms with Gasteiger partial charge in [-0.1, -0.05) is 6.92 Å². The first kappa shape index (κ1) is 10.8. The quantitative estimate of drug-likeness (QED) is 0.495. The van der Waals surface area contributed by atoms with Gasteiger partial charge in [-0.2, -0.15) is 10.2 Å². The third-order valence-electron chi connectivity index (χ3n) is 1.21. The monoisotopic (exact) mass is 169 g/mol. The molecule has 0 aromatic heterocycles. The molecule has 0 saturated heterocycles. The summed E-state index contributed by atoms with van der Waals surface area (Å²) in [6, 6.07) is 0. The zero-order valence-electron chi connectivity index (χ0n) is 7.79. The molecule has 12 heavy (non-hydrogen) atoms.